The number of para-hydroxylation sites is 5. The Hall–Kier alpha value is -12.2. The third-order valence-electron chi connectivity index (χ3n) is 20.3. The van der Waals surface area contributed by atoms with Crippen LogP contribution >= 0.6 is 22.7 Å². The van der Waals surface area contributed by atoms with E-state index in [9.17, 15) is 0 Å². The van der Waals surface area contributed by atoms with E-state index in [1.807, 2.05) is 46.9 Å². The number of anilines is 2. The molecule has 6 aromatic heterocycles. The van der Waals surface area contributed by atoms with Crippen LogP contribution in [0.4, 0.5) is 11.4 Å². The lowest BCUT2D eigenvalue weighted by atomic mass is 9.97. The van der Waals surface area contributed by atoms with Gasteiger partial charge < -0.3 is 27.6 Å². The van der Waals surface area contributed by atoms with Crippen LogP contribution in [0.2, 0.25) is 0 Å². The Bertz CT molecular complexity index is 6400. The lowest BCUT2D eigenvalue weighted by molar-refractivity contribution is 0.223. The average Bonchev–Trinajstić information content (AvgIpc) is 1.57. The molecule has 2 aliphatic heterocycles. The fourth-order valence-corrected chi connectivity index (χ4v) is 18.2. The molecular weight excluding hydrogens is 1240 g/mol. The van der Waals surface area contributed by atoms with Crippen molar-refractivity contribution >= 4 is 140 Å². The minimum atomic E-state index is -0.116. The average molecular weight is 1290 g/mol. The fraction of sp³-hybridized carbons (Fsp3) is 0.0222. The Morgan fingerprint density at radius 1 is 0.276 bits per heavy atom. The molecule has 0 saturated carbocycles. The molecule has 2 aliphatic rings. The standard InChI is InChI=1S/C46H28N2S2.C44H27NO3/c1-3-11-33(12-4-1)47-39-25-23-31(27-37(39)45-43(47)35-15-7-9-17-41(35)49-45)29-19-21-30(22-20-29)32-24-26-40-38(28-32)46-44(36-16-8-10-18-42(36)50-46)48(40)34-13-5-2-6-14-34;1-2-8-30(9-3-1)45-37-22-26(27-14-18-33-31-10-4-6-12-38(31)46-40(33)23-27)16-20-35(37)44-43(45)36-21-17-29(25-42(36)48-44)28-15-19-34-32-11-5-7-13-39(32)47-41(34)24-28/h1-28H;1-25,43-44H. The summed E-state index contributed by atoms with van der Waals surface area (Å²) < 4.78 is 29.5. The van der Waals surface area contributed by atoms with Crippen LogP contribution < -0.4 is 9.64 Å². The molecule has 2 unspecified atom stereocenters. The van der Waals surface area contributed by atoms with Crippen LogP contribution in [-0.2, 0) is 0 Å². The van der Waals surface area contributed by atoms with Crippen molar-refractivity contribution in [2.75, 3.05) is 4.90 Å². The number of benzene rings is 14. The van der Waals surface area contributed by atoms with Gasteiger partial charge in [0.15, 0.2) is 6.10 Å². The maximum Gasteiger partial charge on any atom is 0.151 e. The van der Waals surface area contributed by atoms with Crippen LogP contribution in [0.15, 0.2) is 330 Å². The van der Waals surface area contributed by atoms with Gasteiger partial charge in [-0.3, -0.25) is 0 Å². The van der Waals surface area contributed by atoms with E-state index in [2.05, 4.69) is 311 Å². The molecular formula is C90H55N3O3S2. The zero-order valence-electron chi connectivity index (χ0n) is 52.6. The van der Waals surface area contributed by atoms with E-state index in [0.717, 1.165) is 77.6 Å². The van der Waals surface area contributed by atoms with Crippen molar-refractivity contribution in [1.29, 1.82) is 0 Å². The van der Waals surface area contributed by atoms with Gasteiger partial charge in [0.2, 0.25) is 0 Å². The third kappa shape index (κ3) is 8.51. The molecule has 20 aromatic rings. The van der Waals surface area contributed by atoms with Crippen molar-refractivity contribution in [1.82, 2.24) is 9.13 Å². The molecule has 6 nitrogen and oxygen atoms in total. The highest BCUT2D eigenvalue weighted by atomic mass is 32.1. The molecule has 98 heavy (non-hydrogen) atoms. The van der Waals surface area contributed by atoms with Gasteiger partial charge in [-0.2, -0.15) is 0 Å². The summed E-state index contributed by atoms with van der Waals surface area (Å²) in [6.45, 7) is 0. The van der Waals surface area contributed by atoms with Gasteiger partial charge in [-0.1, -0.05) is 200 Å². The van der Waals surface area contributed by atoms with E-state index in [1.165, 1.54) is 113 Å². The van der Waals surface area contributed by atoms with E-state index < -0.39 is 0 Å². The molecule has 14 aromatic carbocycles. The fourth-order valence-electron chi connectivity index (χ4n) is 15.8. The van der Waals surface area contributed by atoms with Crippen molar-refractivity contribution in [3.8, 4) is 61.6 Å². The maximum absolute atomic E-state index is 6.86. The first kappa shape index (κ1) is 55.1. The maximum atomic E-state index is 6.86. The van der Waals surface area contributed by atoms with Gasteiger partial charge in [-0.05, 0) is 166 Å². The zero-order valence-corrected chi connectivity index (χ0v) is 54.3. The summed E-state index contributed by atoms with van der Waals surface area (Å²) in [6.07, 6.45) is -0.116. The molecule has 460 valence electrons. The van der Waals surface area contributed by atoms with E-state index in [4.69, 9.17) is 13.6 Å². The molecule has 0 bridgehead atoms. The number of fused-ring (bicyclic) bond motifs is 21. The number of hydrogen-bond donors (Lipinski definition) is 0. The van der Waals surface area contributed by atoms with E-state index >= 15 is 0 Å². The summed E-state index contributed by atoms with van der Waals surface area (Å²) >= 11 is 3.78. The van der Waals surface area contributed by atoms with Crippen LogP contribution in [0, 0.1) is 0 Å². The summed E-state index contributed by atoms with van der Waals surface area (Å²) in [4.78, 5) is 2.45. The van der Waals surface area contributed by atoms with Gasteiger partial charge >= 0.3 is 0 Å². The van der Waals surface area contributed by atoms with Crippen LogP contribution in [0.3, 0.4) is 0 Å². The second-order valence-electron chi connectivity index (χ2n) is 25.8. The second-order valence-corrected chi connectivity index (χ2v) is 27.9. The van der Waals surface area contributed by atoms with Gasteiger partial charge in [0.25, 0.3) is 0 Å². The highest BCUT2D eigenvalue weighted by Crippen LogP contribution is 2.60. The largest absolute Gasteiger partial charge is 0.483 e. The predicted molar refractivity (Wildman–Crippen MR) is 410 cm³/mol. The van der Waals surface area contributed by atoms with Gasteiger partial charge in [0.05, 0.1) is 31.5 Å². The molecule has 0 saturated heterocycles. The van der Waals surface area contributed by atoms with Gasteiger partial charge in [-0.25, -0.2) is 0 Å². The first-order chi connectivity index (χ1) is 48.6. The highest BCUT2D eigenvalue weighted by Gasteiger charge is 2.47. The van der Waals surface area contributed by atoms with Crippen LogP contribution in [0.25, 0.3) is 162 Å². The van der Waals surface area contributed by atoms with Crippen LogP contribution in [0.5, 0.6) is 5.75 Å². The van der Waals surface area contributed by atoms with E-state index in [0.29, 0.717) is 0 Å². The Labute approximate surface area is 570 Å². The number of thiophene rings is 2. The molecule has 0 amide bonds. The lowest BCUT2D eigenvalue weighted by Gasteiger charge is -2.27. The number of furan rings is 2. The van der Waals surface area contributed by atoms with Crippen molar-refractivity contribution < 1.29 is 13.6 Å². The van der Waals surface area contributed by atoms with Crippen LogP contribution in [-0.4, -0.2) is 9.13 Å². The smallest absolute Gasteiger partial charge is 0.151 e. The third-order valence-corrected chi connectivity index (χ3v) is 22.7. The molecule has 0 fully saturated rings. The molecule has 2 atom stereocenters. The van der Waals surface area contributed by atoms with Crippen molar-refractivity contribution in [3.05, 3.63) is 333 Å². The summed E-state index contributed by atoms with van der Waals surface area (Å²) in [6, 6.07) is 116. The van der Waals surface area contributed by atoms with Gasteiger partial charge in [0.1, 0.15) is 34.1 Å². The number of nitrogens with zero attached hydrogens (tertiary/aromatic N) is 3. The lowest BCUT2D eigenvalue weighted by Crippen LogP contribution is -2.20. The van der Waals surface area contributed by atoms with E-state index in [1.54, 1.807) is 0 Å². The first-order valence-corrected chi connectivity index (χ1v) is 35.0. The SMILES string of the molecule is c1ccc(-n2c3ccc(-c4ccc(-c5ccc6c(c5)c5sc7ccccc7c5n6-c5ccccc5)cc4)cc3c3sc4ccccc4c32)cc1.c1ccc(N2c3cc(-c4ccc5c(c4)oc4ccccc45)ccc3C3Oc4cc(-c5ccc6c(c5)oc5ccccc56)ccc4C32)cc1. The van der Waals surface area contributed by atoms with Crippen LogP contribution in [0.1, 0.15) is 23.3 Å². The van der Waals surface area contributed by atoms with Crippen molar-refractivity contribution in [3.63, 3.8) is 0 Å². The summed E-state index contributed by atoms with van der Waals surface area (Å²) in [7, 11) is 0. The first-order valence-electron chi connectivity index (χ1n) is 33.3. The monoisotopic (exact) mass is 1290 g/mol. The Balaban J connectivity index is 0.000000129. The molecule has 8 heteroatoms. The predicted octanol–water partition coefficient (Wildman–Crippen LogP) is 25.8. The molecule has 0 aliphatic carbocycles. The second kappa shape index (κ2) is 21.7. The van der Waals surface area contributed by atoms with E-state index in [-0.39, 0.29) is 12.1 Å². The number of ether oxygens (including phenoxy) is 1. The highest BCUT2D eigenvalue weighted by molar-refractivity contribution is 7.27. The van der Waals surface area contributed by atoms with Crippen molar-refractivity contribution in [2.24, 2.45) is 0 Å². The minimum absolute atomic E-state index is 0.0254. The quantitative estimate of drug-likeness (QED) is 0.160. The zero-order chi connectivity index (χ0) is 64.1. The molecule has 0 radical (unpaired) electrons. The number of aromatic nitrogens is 2. The summed E-state index contributed by atoms with van der Waals surface area (Å²) in [5.74, 6) is 0.929. The van der Waals surface area contributed by atoms with Crippen molar-refractivity contribution in [2.45, 2.75) is 12.1 Å². The minimum Gasteiger partial charge on any atom is -0.483 e. The molecule has 0 spiro atoms. The normalized spacial score (nSPS) is 14.2. The van der Waals surface area contributed by atoms with Gasteiger partial charge in [0, 0.05) is 86.4 Å². The Morgan fingerprint density at radius 2 is 0.663 bits per heavy atom. The summed E-state index contributed by atoms with van der Waals surface area (Å²) in [5, 5.41) is 9.77. The van der Waals surface area contributed by atoms with Gasteiger partial charge in [-0.15, -0.1) is 22.7 Å². The summed E-state index contributed by atoms with van der Waals surface area (Å²) in [5.41, 5.74) is 25.2. The Morgan fingerprint density at radius 3 is 1.18 bits per heavy atom. The molecule has 0 N–H and O–H groups in total. The number of hydrogen-bond acceptors (Lipinski definition) is 6. The Kier molecular flexibility index (Phi) is 12.2. The molecule has 8 heterocycles. The topological polar surface area (TPSA) is 48.6 Å². The number of rotatable bonds is 7. The molecule has 22 rings (SSSR count).